The second-order valence-electron chi connectivity index (χ2n) is 4.41. The van der Waals surface area contributed by atoms with Crippen LogP contribution in [0.1, 0.15) is 15.9 Å². The number of hydrogen-bond donors (Lipinski definition) is 2. The maximum Gasteiger partial charge on any atom is 0.258 e. The van der Waals surface area contributed by atoms with Gasteiger partial charge in [0.25, 0.3) is 5.91 Å². The summed E-state index contributed by atoms with van der Waals surface area (Å²) >= 11 is 0. The first-order chi connectivity index (χ1) is 8.72. The quantitative estimate of drug-likeness (QED) is 0.884. The van der Waals surface area contributed by atoms with E-state index in [4.69, 9.17) is 0 Å². The van der Waals surface area contributed by atoms with Gasteiger partial charge in [-0.2, -0.15) is 5.10 Å². The number of nitrogens with one attached hydrogen (secondary N) is 2. The van der Waals surface area contributed by atoms with E-state index in [1.165, 1.54) is 5.56 Å². The van der Waals surface area contributed by atoms with Crippen molar-refractivity contribution < 1.29 is 4.79 Å². The number of aryl methyl sites for hydroxylation is 1. The summed E-state index contributed by atoms with van der Waals surface area (Å²) in [5.74, 6) is -0.131. The molecule has 0 bridgehead atoms. The second-order valence-corrected chi connectivity index (χ2v) is 4.41. The molecule has 2 N–H and O–H groups in total. The number of halogens is 1. The molecule has 6 heteroatoms. The molecule has 0 saturated heterocycles. The molecule has 100 valence electrons. The van der Waals surface area contributed by atoms with Crippen molar-refractivity contribution in [1.82, 2.24) is 9.78 Å². The van der Waals surface area contributed by atoms with Crippen LogP contribution >= 0.6 is 12.4 Å². The molecule has 1 aromatic carbocycles. The van der Waals surface area contributed by atoms with Gasteiger partial charge < -0.3 is 10.6 Å². The summed E-state index contributed by atoms with van der Waals surface area (Å²) in [5, 5.41) is 10.2. The van der Waals surface area contributed by atoms with Crippen molar-refractivity contribution in [2.24, 2.45) is 7.05 Å². The molecule has 1 amide bonds. The third-order valence-electron chi connectivity index (χ3n) is 3.04. The Hall–Kier alpha value is -2.01. The van der Waals surface area contributed by atoms with Crippen LogP contribution in [0.25, 0.3) is 0 Å². The Balaban J connectivity index is 0.00000133. The molecule has 3 rings (SSSR count). The van der Waals surface area contributed by atoms with Crippen LogP contribution in [-0.2, 0) is 13.5 Å². The molecule has 5 nitrogen and oxygen atoms in total. The zero-order valence-corrected chi connectivity index (χ0v) is 11.3. The van der Waals surface area contributed by atoms with E-state index < -0.39 is 0 Å². The molecule has 1 aliphatic rings. The van der Waals surface area contributed by atoms with Gasteiger partial charge in [-0.15, -0.1) is 12.4 Å². The number of amides is 1. The Morgan fingerprint density at radius 1 is 1.47 bits per heavy atom. The Labute approximate surface area is 117 Å². The summed E-state index contributed by atoms with van der Waals surface area (Å²) < 4.78 is 1.61. The minimum atomic E-state index is -0.131. The number of hydrogen-bond acceptors (Lipinski definition) is 3. The third kappa shape index (κ3) is 2.71. The number of rotatable bonds is 2. The Morgan fingerprint density at radius 3 is 3.05 bits per heavy atom. The van der Waals surface area contributed by atoms with E-state index in [0.717, 1.165) is 24.3 Å². The zero-order valence-electron chi connectivity index (χ0n) is 10.5. The van der Waals surface area contributed by atoms with Crippen molar-refractivity contribution in [1.29, 1.82) is 0 Å². The van der Waals surface area contributed by atoms with Gasteiger partial charge in [0.2, 0.25) is 0 Å². The molecular weight excluding hydrogens is 264 g/mol. The highest BCUT2D eigenvalue weighted by Crippen LogP contribution is 2.25. The minimum Gasteiger partial charge on any atom is -0.384 e. The van der Waals surface area contributed by atoms with Crippen molar-refractivity contribution in [3.8, 4) is 0 Å². The van der Waals surface area contributed by atoms with E-state index in [1.54, 1.807) is 24.1 Å². The lowest BCUT2D eigenvalue weighted by Crippen LogP contribution is -2.11. The minimum absolute atomic E-state index is 0. The second kappa shape index (κ2) is 5.32. The van der Waals surface area contributed by atoms with Crippen LogP contribution < -0.4 is 10.6 Å². The average molecular weight is 279 g/mol. The highest BCUT2D eigenvalue weighted by Gasteiger charge is 2.12. The van der Waals surface area contributed by atoms with Gasteiger partial charge in [-0.1, -0.05) is 0 Å². The first-order valence-corrected chi connectivity index (χ1v) is 5.89. The largest absolute Gasteiger partial charge is 0.384 e. The first-order valence-electron chi connectivity index (χ1n) is 5.89. The van der Waals surface area contributed by atoms with Crippen molar-refractivity contribution in [3.63, 3.8) is 0 Å². The van der Waals surface area contributed by atoms with Crippen LogP contribution in [0.3, 0.4) is 0 Å². The number of carbonyl (C=O) groups is 1. The molecule has 2 heterocycles. The molecule has 0 unspecified atom stereocenters. The van der Waals surface area contributed by atoms with E-state index in [0.29, 0.717) is 5.56 Å². The monoisotopic (exact) mass is 278 g/mol. The molecule has 0 aliphatic carbocycles. The molecule has 0 spiro atoms. The van der Waals surface area contributed by atoms with Crippen LogP contribution in [0, 0.1) is 0 Å². The van der Waals surface area contributed by atoms with Crippen LogP contribution in [0.2, 0.25) is 0 Å². The molecule has 2 aromatic rings. The maximum absolute atomic E-state index is 11.9. The van der Waals surface area contributed by atoms with Gasteiger partial charge in [0.1, 0.15) is 0 Å². The van der Waals surface area contributed by atoms with Gasteiger partial charge in [0, 0.05) is 31.2 Å². The molecule has 1 aliphatic heterocycles. The van der Waals surface area contributed by atoms with Crippen molar-refractivity contribution >= 4 is 29.7 Å². The predicted molar refractivity (Wildman–Crippen MR) is 77.0 cm³/mol. The molecule has 19 heavy (non-hydrogen) atoms. The van der Waals surface area contributed by atoms with Gasteiger partial charge in [-0.05, 0) is 30.2 Å². The summed E-state index contributed by atoms with van der Waals surface area (Å²) in [6, 6.07) is 5.93. The lowest BCUT2D eigenvalue weighted by Gasteiger charge is -2.06. The summed E-state index contributed by atoms with van der Waals surface area (Å²) in [4.78, 5) is 11.9. The van der Waals surface area contributed by atoms with Crippen molar-refractivity contribution in [2.45, 2.75) is 6.42 Å². The van der Waals surface area contributed by atoms with Crippen LogP contribution in [0.15, 0.2) is 30.6 Å². The van der Waals surface area contributed by atoms with Crippen LogP contribution in [0.5, 0.6) is 0 Å². The third-order valence-corrected chi connectivity index (χ3v) is 3.04. The fraction of sp³-hybridized carbons (Fsp3) is 0.231. The fourth-order valence-corrected chi connectivity index (χ4v) is 2.12. The number of anilines is 2. The molecule has 0 radical (unpaired) electrons. The number of fused-ring (bicyclic) bond motifs is 1. The van der Waals surface area contributed by atoms with Gasteiger partial charge in [0.05, 0.1) is 11.8 Å². The molecule has 0 atom stereocenters. The Bertz CT molecular complexity index is 608. The number of nitrogens with zero attached hydrogens (tertiary/aromatic N) is 2. The van der Waals surface area contributed by atoms with Gasteiger partial charge in [0.15, 0.2) is 0 Å². The molecular formula is C13H15ClN4O. The SMILES string of the molecule is Cl.Cn1cc(C(=O)Nc2ccc3c(c2)CCN3)cn1. The van der Waals surface area contributed by atoms with Gasteiger partial charge in [-0.3, -0.25) is 9.48 Å². The van der Waals surface area contributed by atoms with Crippen LogP contribution in [0.4, 0.5) is 11.4 Å². The lowest BCUT2D eigenvalue weighted by atomic mass is 10.1. The number of aromatic nitrogens is 2. The zero-order chi connectivity index (χ0) is 12.5. The Morgan fingerprint density at radius 2 is 2.32 bits per heavy atom. The van der Waals surface area contributed by atoms with Crippen molar-refractivity contribution in [2.75, 3.05) is 17.2 Å². The van der Waals surface area contributed by atoms with E-state index in [2.05, 4.69) is 15.7 Å². The standard InChI is InChI=1S/C13H14N4O.ClH/c1-17-8-10(7-15-17)13(18)16-11-2-3-12-9(6-11)4-5-14-12;/h2-3,6-8,14H,4-5H2,1H3,(H,16,18);1H. The smallest absolute Gasteiger partial charge is 0.258 e. The summed E-state index contributed by atoms with van der Waals surface area (Å²) in [6.45, 7) is 0.968. The molecule has 1 aromatic heterocycles. The van der Waals surface area contributed by atoms with Gasteiger partial charge in [-0.25, -0.2) is 0 Å². The topological polar surface area (TPSA) is 59.0 Å². The van der Waals surface area contributed by atoms with Crippen molar-refractivity contribution in [3.05, 3.63) is 41.7 Å². The van der Waals surface area contributed by atoms with E-state index in [1.807, 2.05) is 18.2 Å². The predicted octanol–water partition coefficient (Wildman–Crippen LogP) is 2.06. The fourth-order valence-electron chi connectivity index (χ4n) is 2.12. The summed E-state index contributed by atoms with van der Waals surface area (Å²) in [6.07, 6.45) is 4.26. The maximum atomic E-state index is 11.9. The number of benzene rings is 1. The number of carbonyl (C=O) groups excluding carboxylic acids is 1. The van der Waals surface area contributed by atoms with E-state index >= 15 is 0 Å². The summed E-state index contributed by atoms with van der Waals surface area (Å²) in [7, 11) is 1.79. The average Bonchev–Trinajstić information content (AvgIpc) is 2.96. The normalized spacial score (nSPS) is 12.3. The molecule has 0 saturated carbocycles. The lowest BCUT2D eigenvalue weighted by molar-refractivity contribution is 0.102. The summed E-state index contributed by atoms with van der Waals surface area (Å²) in [5.41, 5.74) is 3.80. The highest BCUT2D eigenvalue weighted by molar-refractivity contribution is 6.04. The van der Waals surface area contributed by atoms with E-state index in [-0.39, 0.29) is 18.3 Å². The van der Waals surface area contributed by atoms with E-state index in [9.17, 15) is 4.79 Å². The highest BCUT2D eigenvalue weighted by atomic mass is 35.5. The van der Waals surface area contributed by atoms with Gasteiger partial charge >= 0.3 is 0 Å². The Kier molecular flexibility index (Phi) is 3.76. The van der Waals surface area contributed by atoms with Crippen LogP contribution in [-0.4, -0.2) is 22.2 Å². The first kappa shape index (κ1) is 13.4. The molecule has 0 fully saturated rings.